The van der Waals surface area contributed by atoms with Gasteiger partial charge < -0.3 is 5.11 Å². The van der Waals surface area contributed by atoms with Crippen LogP contribution in [0.3, 0.4) is 0 Å². The molecular formula is C8H16N2O3S. The molecule has 0 rings (SSSR count). The van der Waals surface area contributed by atoms with Gasteiger partial charge >= 0.3 is 0 Å². The van der Waals surface area contributed by atoms with Crippen molar-refractivity contribution in [2.45, 2.75) is 31.6 Å². The van der Waals surface area contributed by atoms with Crippen molar-refractivity contribution >= 4 is 10.0 Å². The highest BCUT2D eigenvalue weighted by molar-refractivity contribution is 7.90. The van der Waals surface area contributed by atoms with Crippen LogP contribution in [0.25, 0.3) is 0 Å². The van der Waals surface area contributed by atoms with E-state index in [1.54, 1.807) is 19.9 Å². The van der Waals surface area contributed by atoms with Gasteiger partial charge in [-0.2, -0.15) is 9.57 Å². The van der Waals surface area contributed by atoms with Gasteiger partial charge in [-0.3, -0.25) is 0 Å². The molecule has 0 radical (unpaired) electrons. The van der Waals surface area contributed by atoms with Crippen LogP contribution >= 0.6 is 0 Å². The average Bonchev–Trinajstić information content (AvgIpc) is 2.15. The van der Waals surface area contributed by atoms with Gasteiger partial charge in [0, 0.05) is 7.05 Å². The Morgan fingerprint density at radius 2 is 2.00 bits per heavy atom. The minimum absolute atomic E-state index is 0.291. The zero-order chi connectivity index (χ0) is 11.6. The third-order valence-electron chi connectivity index (χ3n) is 2.25. The second-order valence-electron chi connectivity index (χ2n) is 3.75. The molecule has 0 saturated heterocycles. The molecule has 6 heteroatoms. The van der Waals surface area contributed by atoms with Crippen molar-refractivity contribution in [2.75, 3.05) is 13.7 Å². The van der Waals surface area contributed by atoms with E-state index in [4.69, 9.17) is 10.4 Å². The van der Waals surface area contributed by atoms with E-state index in [2.05, 4.69) is 0 Å². The van der Waals surface area contributed by atoms with Gasteiger partial charge in [0.2, 0.25) is 10.0 Å². The monoisotopic (exact) mass is 220 g/mol. The summed E-state index contributed by atoms with van der Waals surface area (Å²) in [5.41, 5.74) is -0.885. The molecule has 5 nitrogen and oxygen atoms in total. The molecule has 1 atom stereocenters. The fourth-order valence-corrected chi connectivity index (χ4v) is 2.10. The Bertz CT molecular complexity index is 329. The van der Waals surface area contributed by atoms with Crippen molar-refractivity contribution in [1.29, 1.82) is 5.26 Å². The second kappa shape index (κ2) is 4.26. The first-order chi connectivity index (χ1) is 6.20. The van der Waals surface area contributed by atoms with E-state index in [0.29, 0.717) is 0 Å². The molecule has 0 saturated carbocycles. The molecule has 14 heavy (non-hydrogen) atoms. The number of sulfonamides is 1. The first-order valence-corrected chi connectivity index (χ1v) is 5.69. The summed E-state index contributed by atoms with van der Waals surface area (Å²) in [5, 5.41) is 16.4. The molecule has 0 amide bonds. The van der Waals surface area contributed by atoms with Gasteiger partial charge in [0.1, 0.15) is 0 Å². The molecule has 0 aromatic carbocycles. The van der Waals surface area contributed by atoms with E-state index >= 15 is 0 Å². The largest absolute Gasteiger partial charge is 0.394 e. The van der Waals surface area contributed by atoms with Crippen LogP contribution in [-0.4, -0.2) is 42.3 Å². The van der Waals surface area contributed by atoms with Crippen molar-refractivity contribution in [3.63, 3.8) is 0 Å². The Morgan fingerprint density at radius 1 is 1.57 bits per heavy atom. The molecule has 0 heterocycles. The Kier molecular flexibility index (Phi) is 4.06. The zero-order valence-corrected chi connectivity index (χ0v) is 9.67. The number of likely N-dealkylation sites (N-methyl/N-ethyl adjacent to an activating group) is 1. The van der Waals surface area contributed by atoms with Crippen LogP contribution < -0.4 is 0 Å². The molecule has 1 N–H and O–H groups in total. The summed E-state index contributed by atoms with van der Waals surface area (Å²) < 4.78 is 24.4. The normalized spacial score (nSPS) is 15.2. The zero-order valence-electron chi connectivity index (χ0n) is 8.85. The molecular weight excluding hydrogens is 204 g/mol. The maximum atomic E-state index is 11.7. The van der Waals surface area contributed by atoms with E-state index in [1.165, 1.54) is 14.0 Å². The van der Waals surface area contributed by atoms with Crippen LogP contribution in [0.1, 0.15) is 20.8 Å². The molecule has 0 spiro atoms. The molecule has 82 valence electrons. The maximum Gasteiger partial charge on any atom is 0.230 e. The summed E-state index contributed by atoms with van der Waals surface area (Å²) in [6.45, 7) is 4.21. The predicted octanol–water partition coefficient (Wildman–Crippen LogP) is -0.0690. The molecule has 1 unspecified atom stereocenters. The van der Waals surface area contributed by atoms with Crippen LogP contribution in [-0.2, 0) is 10.0 Å². The molecule has 0 fully saturated rings. The lowest BCUT2D eigenvalue weighted by molar-refractivity contribution is 0.137. The highest BCUT2D eigenvalue weighted by Crippen LogP contribution is 2.18. The fraction of sp³-hybridized carbons (Fsp3) is 0.875. The van der Waals surface area contributed by atoms with Crippen LogP contribution in [0, 0.1) is 11.3 Å². The Hall–Kier alpha value is -0.640. The van der Waals surface area contributed by atoms with Gasteiger partial charge in [0.25, 0.3) is 0 Å². The molecule has 0 aliphatic rings. The molecule has 0 aliphatic carbocycles. The minimum atomic E-state index is -3.65. The summed E-state index contributed by atoms with van der Waals surface area (Å²) in [5.74, 6) is 0. The van der Waals surface area contributed by atoms with Crippen molar-refractivity contribution < 1.29 is 13.5 Å². The van der Waals surface area contributed by atoms with E-state index in [0.717, 1.165) is 4.31 Å². The topological polar surface area (TPSA) is 81.4 Å². The lowest BCUT2D eigenvalue weighted by Crippen LogP contribution is -2.50. The quantitative estimate of drug-likeness (QED) is 0.719. The van der Waals surface area contributed by atoms with Crippen LogP contribution in [0.2, 0.25) is 0 Å². The molecule has 0 aromatic rings. The predicted molar refractivity (Wildman–Crippen MR) is 52.9 cm³/mol. The summed E-state index contributed by atoms with van der Waals surface area (Å²) in [7, 11) is -2.29. The van der Waals surface area contributed by atoms with Gasteiger partial charge in [0.05, 0.1) is 18.2 Å². The second-order valence-corrected chi connectivity index (χ2v) is 6.04. The highest BCUT2D eigenvalue weighted by atomic mass is 32.2. The summed E-state index contributed by atoms with van der Waals surface area (Å²) in [4.78, 5) is 0. The SMILES string of the molecule is CC(C#N)S(=O)(=O)N(C)C(C)(C)CO. The Morgan fingerprint density at radius 3 is 2.29 bits per heavy atom. The third kappa shape index (κ3) is 2.44. The van der Waals surface area contributed by atoms with Crippen LogP contribution in [0.15, 0.2) is 0 Å². The molecule has 0 aliphatic heterocycles. The number of hydrogen-bond acceptors (Lipinski definition) is 4. The van der Waals surface area contributed by atoms with Crippen LogP contribution in [0.4, 0.5) is 0 Å². The highest BCUT2D eigenvalue weighted by Gasteiger charge is 2.35. The number of aliphatic hydroxyl groups is 1. The van der Waals surface area contributed by atoms with Crippen molar-refractivity contribution in [1.82, 2.24) is 4.31 Å². The van der Waals surface area contributed by atoms with E-state index < -0.39 is 20.8 Å². The number of nitrogens with zero attached hydrogens (tertiary/aromatic N) is 2. The summed E-state index contributed by atoms with van der Waals surface area (Å²) in [6.07, 6.45) is 0. The Balaban J connectivity index is 5.07. The van der Waals surface area contributed by atoms with Gasteiger partial charge in [-0.15, -0.1) is 0 Å². The number of aliphatic hydroxyl groups excluding tert-OH is 1. The average molecular weight is 220 g/mol. The van der Waals surface area contributed by atoms with Crippen LogP contribution in [0.5, 0.6) is 0 Å². The van der Waals surface area contributed by atoms with E-state index in [9.17, 15) is 8.42 Å². The standard InChI is InChI=1S/C8H16N2O3S/c1-7(5-9)14(12,13)10(4)8(2,3)6-11/h7,11H,6H2,1-4H3. The fourth-order valence-electron chi connectivity index (χ4n) is 0.748. The van der Waals surface area contributed by atoms with Gasteiger partial charge in [-0.25, -0.2) is 8.42 Å². The third-order valence-corrected chi connectivity index (χ3v) is 4.51. The Labute approximate surface area is 85.0 Å². The lowest BCUT2D eigenvalue weighted by Gasteiger charge is -2.33. The molecule has 0 bridgehead atoms. The smallest absolute Gasteiger partial charge is 0.230 e. The first-order valence-electron chi connectivity index (χ1n) is 4.18. The number of rotatable bonds is 4. The van der Waals surface area contributed by atoms with Crippen molar-refractivity contribution in [2.24, 2.45) is 0 Å². The first kappa shape index (κ1) is 13.4. The van der Waals surface area contributed by atoms with Gasteiger partial charge in [-0.1, -0.05) is 0 Å². The van der Waals surface area contributed by atoms with Gasteiger partial charge in [-0.05, 0) is 20.8 Å². The number of nitriles is 1. The lowest BCUT2D eigenvalue weighted by atomic mass is 10.1. The number of hydrogen-bond donors (Lipinski definition) is 1. The van der Waals surface area contributed by atoms with Crippen molar-refractivity contribution in [3.05, 3.63) is 0 Å². The van der Waals surface area contributed by atoms with E-state index in [-0.39, 0.29) is 6.61 Å². The maximum absolute atomic E-state index is 11.7. The summed E-state index contributed by atoms with van der Waals surface area (Å²) >= 11 is 0. The van der Waals surface area contributed by atoms with E-state index in [1.807, 2.05) is 0 Å². The molecule has 0 aromatic heterocycles. The van der Waals surface area contributed by atoms with Gasteiger partial charge in [0.15, 0.2) is 5.25 Å². The minimum Gasteiger partial charge on any atom is -0.394 e. The summed E-state index contributed by atoms with van der Waals surface area (Å²) in [6, 6.07) is 1.67. The van der Waals surface area contributed by atoms with Crippen molar-refractivity contribution in [3.8, 4) is 6.07 Å².